The zero-order valence-corrected chi connectivity index (χ0v) is 22.2. The van der Waals surface area contributed by atoms with Crippen molar-refractivity contribution in [3.05, 3.63) is 86.2 Å². The van der Waals surface area contributed by atoms with E-state index in [1.807, 2.05) is 42.5 Å². The molecule has 0 spiro atoms. The van der Waals surface area contributed by atoms with Crippen LogP contribution in [0.15, 0.2) is 70.0 Å². The Labute approximate surface area is 220 Å². The van der Waals surface area contributed by atoms with Gasteiger partial charge >= 0.3 is 0 Å². The average Bonchev–Trinajstić information content (AvgIpc) is 3.11. The first-order chi connectivity index (χ1) is 16.4. The van der Waals surface area contributed by atoms with Gasteiger partial charge in [0.1, 0.15) is 12.4 Å². The summed E-state index contributed by atoms with van der Waals surface area (Å²) >= 11 is 16.4. The van der Waals surface area contributed by atoms with Gasteiger partial charge in [-0.25, -0.2) is 0 Å². The average molecular weight is 577 g/mol. The molecule has 0 aliphatic carbocycles. The minimum absolute atomic E-state index is 0.217. The van der Waals surface area contributed by atoms with Gasteiger partial charge in [-0.05, 0) is 59.7 Å². The summed E-state index contributed by atoms with van der Waals surface area (Å²) in [5.74, 6) is 1.50. The number of carbonyl (C=O) groups excluding carboxylic acids is 1. The van der Waals surface area contributed by atoms with Crippen molar-refractivity contribution in [2.45, 2.75) is 6.61 Å². The summed E-state index contributed by atoms with van der Waals surface area (Å²) in [6.45, 7) is 0.409. The van der Waals surface area contributed by atoms with Crippen LogP contribution in [0.4, 0.5) is 5.69 Å². The predicted molar refractivity (Wildman–Crippen MR) is 145 cm³/mol. The quantitative estimate of drug-likeness (QED) is 0.221. The highest BCUT2D eigenvalue weighted by atomic mass is 79.9. The van der Waals surface area contributed by atoms with Crippen LogP contribution in [-0.4, -0.2) is 24.4 Å². The molecule has 1 saturated heterocycles. The van der Waals surface area contributed by atoms with E-state index in [0.29, 0.717) is 43.8 Å². The second-order valence-corrected chi connectivity index (χ2v) is 10.2. The summed E-state index contributed by atoms with van der Waals surface area (Å²) in [6.07, 6.45) is 1.78. The van der Waals surface area contributed by atoms with Crippen LogP contribution in [0.3, 0.4) is 0 Å². The number of methoxy groups -OCH3 is 2. The van der Waals surface area contributed by atoms with E-state index in [2.05, 4.69) is 15.9 Å². The first-order valence-corrected chi connectivity index (χ1v) is 12.5. The van der Waals surface area contributed by atoms with Gasteiger partial charge < -0.3 is 14.2 Å². The Bertz CT molecular complexity index is 1280. The molecule has 1 aliphatic rings. The van der Waals surface area contributed by atoms with Crippen molar-refractivity contribution < 1.29 is 19.0 Å². The van der Waals surface area contributed by atoms with Crippen molar-refractivity contribution in [2.24, 2.45) is 0 Å². The summed E-state index contributed by atoms with van der Waals surface area (Å²) in [5, 5.41) is 0.404. The molecule has 1 fully saturated rings. The molecular weight excluding hydrogens is 558 g/mol. The minimum atomic E-state index is -0.217. The highest BCUT2D eigenvalue weighted by Crippen LogP contribution is 2.39. The molecule has 3 aromatic rings. The smallest absolute Gasteiger partial charge is 0.270 e. The lowest BCUT2D eigenvalue weighted by atomic mass is 10.1. The second kappa shape index (κ2) is 10.8. The number of anilines is 1. The first kappa shape index (κ1) is 24.6. The summed E-state index contributed by atoms with van der Waals surface area (Å²) in [5.41, 5.74) is 2.42. The lowest BCUT2D eigenvalue weighted by molar-refractivity contribution is -0.113. The number of ether oxygens (including phenoxy) is 3. The van der Waals surface area contributed by atoms with Crippen molar-refractivity contribution in [1.29, 1.82) is 0 Å². The van der Waals surface area contributed by atoms with Crippen molar-refractivity contribution in [1.82, 2.24) is 0 Å². The Morgan fingerprint density at radius 3 is 2.38 bits per heavy atom. The minimum Gasteiger partial charge on any atom is -0.495 e. The predicted octanol–water partition coefficient (Wildman–Crippen LogP) is 7.10. The fourth-order valence-corrected chi connectivity index (χ4v) is 5.09. The molecule has 5 nitrogen and oxygen atoms in total. The third-order valence-electron chi connectivity index (χ3n) is 4.98. The molecule has 4 rings (SSSR count). The lowest BCUT2D eigenvalue weighted by Crippen LogP contribution is -2.27. The van der Waals surface area contributed by atoms with E-state index in [1.165, 1.54) is 23.8 Å². The van der Waals surface area contributed by atoms with Crippen molar-refractivity contribution in [2.75, 3.05) is 19.1 Å². The number of amides is 1. The number of nitrogens with zero attached hydrogens (tertiary/aromatic N) is 1. The van der Waals surface area contributed by atoms with Gasteiger partial charge in [0.15, 0.2) is 15.8 Å². The molecule has 0 unspecified atom stereocenters. The first-order valence-electron chi connectivity index (χ1n) is 10.1. The van der Waals surface area contributed by atoms with E-state index in [0.717, 1.165) is 15.6 Å². The molecule has 1 aliphatic heterocycles. The maximum absolute atomic E-state index is 13.1. The molecule has 9 heteroatoms. The summed E-state index contributed by atoms with van der Waals surface area (Å²) in [7, 11) is 3.12. The van der Waals surface area contributed by atoms with E-state index >= 15 is 0 Å². The maximum Gasteiger partial charge on any atom is 0.270 e. The molecule has 34 heavy (non-hydrogen) atoms. The Kier molecular flexibility index (Phi) is 7.83. The lowest BCUT2D eigenvalue weighted by Gasteiger charge is -2.15. The van der Waals surface area contributed by atoms with Gasteiger partial charge in [-0.2, -0.15) is 0 Å². The topological polar surface area (TPSA) is 48.0 Å². The van der Waals surface area contributed by atoms with Crippen molar-refractivity contribution in [3.63, 3.8) is 0 Å². The second-order valence-electron chi connectivity index (χ2n) is 7.16. The molecule has 1 amide bonds. The number of rotatable bonds is 7. The molecule has 0 N–H and O–H groups in total. The van der Waals surface area contributed by atoms with Crippen LogP contribution in [0.2, 0.25) is 5.02 Å². The molecule has 0 saturated carbocycles. The highest BCUT2D eigenvalue weighted by Gasteiger charge is 2.33. The van der Waals surface area contributed by atoms with E-state index < -0.39 is 0 Å². The number of thioether (sulfide) groups is 1. The van der Waals surface area contributed by atoms with Crippen molar-refractivity contribution >= 4 is 73.5 Å². The zero-order valence-electron chi connectivity index (χ0n) is 18.2. The largest absolute Gasteiger partial charge is 0.495 e. The molecule has 0 radical (unpaired) electrons. The highest BCUT2D eigenvalue weighted by molar-refractivity contribution is 9.10. The SMILES string of the molecule is COc1ccc(N2C(=O)/C(=C/c3ccc(OCc4ccc(Br)cc4)c(OC)c3)SC2=S)cc1Cl. The van der Waals surface area contributed by atoms with E-state index in [4.69, 9.17) is 38.0 Å². The van der Waals surface area contributed by atoms with Crippen LogP contribution < -0.4 is 19.1 Å². The van der Waals surface area contributed by atoms with Gasteiger partial charge in [0.2, 0.25) is 0 Å². The Balaban J connectivity index is 1.53. The van der Waals surface area contributed by atoms with Gasteiger partial charge in [0, 0.05) is 4.47 Å². The Morgan fingerprint density at radius 1 is 1.00 bits per heavy atom. The Morgan fingerprint density at radius 2 is 1.71 bits per heavy atom. The summed E-state index contributed by atoms with van der Waals surface area (Å²) in [6, 6.07) is 18.6. The van der Waals surface area contributed by atoms with Crippen LogP contribution >= 0.6 is 51.5 Å². The van der Waals surface area contributed by atoms with E-state index in [1.54, 1.807) is 31.4 Å². The van der Waals surface area contributed by atoms with Crippen LogP contribution in [0.1, 0.15) is 11.1 Å². The number of hydrogen-bond acceptors (Lipinski definition) is 6. The fraction of sp³-hybridized carbons (Fsp3) is 0.120. The van der Waals surface area contributed by atoms with Crippen molar-refractivity contribution in [3.8, 4) is 17.2 Å². The summed E-state index contributed by atoms with van der Waals surface area (Å²) < 4.78 is 18.1. The molecule has 0 atom stereocenters. The Hall–Kier alpha value is -2.52. The number of carbonyl (C=O) groups is 1. The van der Waals surface area contributed by atoms with Crippen LogP contribution in [0.5, 0.6) is 17.2 Å². The molecule has 174 valence electrons. The third kappa shape index (κ3) is 5.41. The molecule has 3 aromatic carbocycles. The standard InChI is InChI=1S/C25H19BrClNO4S2/c1-30-20-10-8-18(13-19(20)27)28-24(29)23(34-25(28)33)12-16-5-9-21(22(11-16)31-2)32-14-15-3-6-17(26)7-4-15/h3-13H,14H2,1-2H3/b23-12-. The van der Waals surface area contributed by atoms with Gasteiger partial charge in [-0.1, -0.05) is 69.7 Å². The molecule has 0 aromatic heterocycles. The van der Waals surface area contributed by atoms with Gasteiger partial charge in [-0.15, -0.1) is 0 Å². The van der Waals surface area contributed by atoms with Crippen LogP contribution in [-0.2, 0) is 11.4 Å². The number of thiocarbonyl (C=S) groups is 1. The summed E-state index contributed by atoms with van der Waals surface area (Å²) in [4.78, 5) is 15.1. The number of halogens is 2. The van der Waals surface area contributed by atoms with Gasteiger partial charge in [0.05, 0.1) is 29.8 Å². The number of hydrogen-bond donors (Lipinski definition) is 0. The van der Waals surface area contributed by atoms with E-state index in [9.17, 15) is 4.79 Å². The van der Waals surface area contributed by atoms with Crippen LogP contribution in [0, 0.1) is 0 Å². The van der Waals surface area contributed by atoms with Gasteiger partial charge in [-0.3, -0.25) is 9.69 Å². The van der Waals surface area contributed by atoms with E-state index in [-0.39, 0.29) is 5.91 Å². The monoisotopic (exact) mass is 575 g/mol. The maximum atomic E-state index is 13.1. The normalized spacial score (nSPS) is 14.6. The zero-order chi connectivity index (χ0) is 24.2. The van der Waals surface area contributed by atoms with Crippen LogP contribution in [0.25, 0.3) is 6.08 Å². The fourth-order valence-electron chi connectivity index (χ4n) is 3.27. The van der Waals surface area contributed by atoms with Gasteiger partial charge in [0.25, 0.3) is 5.91 Å². The molecule has 1 heterocycles. The third-order valence-corrected chi connectivity index (χ3v) is 7.11. The molecular formula is C25H19BrClNO4S2. The number of benzene rings is 3. The molecule has 0 bridgehead atoms.